The van der Waals surface area contributed by atoms with E-state index >= 15 is 0 Å². The van der Waals surface area contributed by atoms with Crippen molar-refractivity contribution >= 4 is 28.5 Å². The molecule has 24 heavy (non-hydrogen) atoms. The molecule has 1 aromatic heterocycles. The number of carbonyl (C=O) groups excluding carboxylic acids is 1. The van der Waals surface area contributed by atoms with Crippen molar-refractivity contribution < 1.29 is 9.21 Å². The molecule has 0 atom stereocenters. The summed E-state index contributed by atoms with van der Waals surface area (Å²) in [4.78, 5) is 24.1. The van der Waals surface area contributed by atoms with E-state index in [0.29, 0.717) is 22.3 Å². The summed E-state index contributed by atoms with van der Waals surface area (Å²) in [7, 11) is 0. The largest absolute Gasteiger partial charge is 0.455 e. The fraction of sp³-hybridized carbons (Fsp3) is 0.158. The molecule has 0 aliphatic rings. The SMILES string of the molecule is Cc1c(-c2ccccc2)oc2c(CNC(=O)CCl)cccc2c1=O. The molecular weight excluding hydrogens is 326 g/mol. The first kappa shape index (κ1) is 16.3. The fourth-order valence-electron chi connectivity index (χ4n) is 2.61. The van der Waals surface area contributed by atoms with Gasteiger partial charge in [0.2, 0.25) is 5.91 Å². The Hall–Kier alpha value is -2.59. The number of nitrogens with one attached hydrogen (secondary N) is 1. The topological polar surface area (TPSA) is 59.3 Å². The van der Waals surface area contributed by atoms with Crippen LogP contribution in [0.25, 0.3) is 22.3 Å². The summed E-state index contributed by atoms with van der Waals surface area (Å²) in [5.74, 6) is 0.166. The average molecular weight is 342 g/mol. The molecule has 0 bridgehead atoms. The van der Waals surface area contributed by atoms with Crippen LogP contribution in [0.15, 0.2) is 57.7 Å². The molecule has 1 N–H and O–H groups in total. The van der Waals surface area contributed by atoms with E-state index in [4.69, 9.17) is 16.0 Å². The van der Waals surface area contributed by atoms with E-state index < -0.39 is 0 Å². The highest BCUT2D eigenvalue weighted by Gasteiger charge is 2.15. The smallest absolute Gasteiger partial charge is 0.235 e. The molecule has 0 aliphatic heterocycles. The maximum absolute atomic E-state index is 12.7. The van der Waals surface area contributed by atoms with Crippen molar-refractivity contribution in [3.63, 3.8) is 0 Å². The van der Waals surface area contributed by atoms with Gasteiger partial charge in [0, 0.05) is 23.2 Å². The minimum atomic E-state index is -0.272. The van der Waals surface area contributed by atoms with Gasteiger partial charge in [-0.2, -0.15) is 0 Å². The minimum Gasteiger partial charge on any atom is -0.455 e. The van der Waals surface area contributed by atoms with Crippen LogP contribution >= 0.6 is 11.6 Å². The predicted molar refractivity (Wildman–Crippen MR) is 95.2 cm³/mol. The van der Waals surface area contributed by atoms with Gasteiger partial charge in [-0.1, -0.05) is 42.5 Å². The van der Waals surface area contributed by atoms with E-state index in [-0.39, 0.29) is 23.8 Å². The van der Waals surface area contributed by atoms with Crippen molar-refractivity contribution in [3.05, 3.63) is 69.9 Å². The zero-order valence-corrected chi connectivity index (χ0v) is 13.9. The van der Waals surface area contributed by atoms with Gasteiger partial charge in [0.25, 0.3) is 0 Å². The van der Waals surface area contributed by atoms with Crippen LogP contribution in [-0.4, -0.2) is 11.8 Å². The van der Waals surface area contributed by atoms with Gasteiger partial charge in [-0.15, -0.1) is 11.6 Å². The van der Waals surface area contributed by atoms with E-state index in [1.807, 2.05) is 36.4 Å². The number of hydrogen-bond acceptors (Lipinski definition) is 3. The molecule has 1 amide bonds. The van der Waals surface area contributed by atoms with E-state index in [2.05, 4.69) is 5.32 Å². The van der Waals surface area contributed by atoms with Gasteiger partial charge in [0.1, 0.15) is 17.2 Å². The number of para-hydroxylation sites is 1. The molecule has 0 aliphatic carbocycles. The lowest BCUT2D eigenvalue weighted by Crippen LogP contribution is -2.24. The monoisotopic (exact) mass is 341 g/mol. The number of benzene rings is 2. The van der Waals surface area contributed by atoms with Gasteiger partial charge in [-0.05, 0) is 13.0 Å². The van der Waals surface area contributed by atoms with Gasteiger partial charge in [-0.3, -0.25) is 9.59 Å². The first-order chi connectivity index (χ1) is 11.6. The molecule has 0 saturated heterocycles. The van der Waals surface area contributed by atoms with Crippen LogP contribution in [0.1, 0.15) is 11.1 Å². The normalized spacial score (nSPS) is 10.8. The fourth-order valence-corrected chi connectivity index (χ4v) is 2.71. The van der Waals surface area contributed by atoms with Crippen LogP contribution in [-0.2, 0) is 11.3 Å². The zero-order valence-electron chi connectivity index (χ0n) is 13.1. The summed E-state index contributed by atoms with van der Waals surface area (Å²) in [5, 5.41) is 3.21. The molecule has 3 rings (SSSR count). The highest BCUT2D eigenvalue weighted by molar-refractivity contribution is 6.27. The van der Waals surface area contributed by atoms with Gasteiger partial charge in [0.15, 0.2) is 5.43 Å². The molecule has 2 aromatic carbocycles. The lowest BCUT2D eigenvalue weighted by Gasteiger charge is -2.11. The second-order valence-electron chi connectivity index (χ2n) is 5.46. The van der Waals surface area contributed by atoms with Crippen molar-refractivity contribution in [3.8, 4) is 11.3 Å². The summed E-state index contributed by atoms with van der Waals surface area (Å²) in [6.07, 6.45) is 0. The Morgan fingerprint density at radius 1 is 1.12 bits per heavy atom. The summed E-state index contributed by atoms with van der Waals surface area (Å²) < 4.78 is 6.07. The Morgan fingerprint density at radius 2 is 1.88 bits per heavy atom. The highest BCUT2D eigenvalue weighted by Crippen LogP contribution is 2.27. The summed E-state index contributed by atoms with van der Waals surface area (Å²) in [6, 6.07) is 14.8. The summed E-state index contributed by atoms with van der Waals surface area (Å²) in [5.41, 5.74) is 2.56. The standard InChI is InChI=1S/C19H16ClNO3/c1-12-17(23)15-9-5-8-14(11-21-16(22)10-20)19(15)24-18(12)13-6-3-2-4-7-13/h2-9H,10-11H2,1H3,(H,21,22). The van der Waals surface area contributed by atoms with Gasteiger partial charge in [0.05, 0.1) is 5.39 Å². The minimum absolute atomic E-state index is 0.0689. The maximum Gasteiger partial charge on any atom is 0.235 e. The molecular formula is C19H16ClNO3. The van der Waals surface area contributed by atoms with Crippen molar-refractivity contribution in [2.75, 3.05) is 5.88 Å². The lowest BCUT2D eigenvalue weighted by molar-refractivity contribution is -0.118. The second kappa shape index (κ2) is 6.89. The van der Waals surface area contributed by atoms with E-state index in [9.17, 15) is 9.59 Å². The molecule has 5 heteroatoms. The first-order valence-electron chi connectivity index (χ1n) is 7.55. The Kier molecular flexibility index (Phi) is 4.67. The average Bonchev–Trinajstić information content (AvgIpc) is 2.63. The van der Waals surface area contributed by atoms with E-state index in [0.717, 1.165) is 11.1 Å². The summed E-state index contributed by atoms with van der Waals surface area (Å²) in [6.45, 7) is 2.01. The van der Waals surface area contributed by atoms with Gasteiger partial charge < -0.3 is 9.73 Å². The molecule has 0 saturated carbocycles. The van der Waals surface area contributed by atoms with Crippen LogP contribution in [0, 0.1) is 6.92 Å². The number of amides is 1. The molecule has 3 aromatic rings. The quantitative estimate of drug-likeness (QED) is 0.737. The van der Waals surface area contributed by atoms with Crippen molar-refractivity contribution in [1.29, 1.82) is 0 Å². The third kappa shape index (κ3) is 3.05. The van der Waals surface area contributed by atoms with E-state index in [1.54, 1.807) is 19.1 Å². The third-order valence-corrected chi connectivity index (χ3v) is 4.10. The van der Waals surface area contributed by atoms with Gasteiger partial charge in [-0.25, -0.2) is 0 Å². The predicted octanol–water partition coefficient (Wildman–Crippen LogP) is 3.62. The van der Waals surface area contributed by atoms with Crippen LogP contribution < -0.4 is 10.7 Å². The molecule has 0 spiro atoms. The Morgan fingerprint density at radius 3 is 2.58 bits per heavy atom. The molecule has 122 valence electrons. The maximum atomic E-state index is 12.7. The number of alkyl halides is 1. The zero-order chi connectivity index (χ0) is 17.1. The Balaban J connectivity index is 2.17. The molecule has 0 unspecified atom stereocenters. The Bertz CT molecular complexity index is 948. The van der Waals surface area contributed by atoms with Crippen LogP contribution in [0.2, 0.25) is 0 Å². The molecule has 0 radical (unpaired) electrons. The number of fused-ring (bicyclic) bond motifs is 1. The number of hydrogen-bond donors (Lipinski definition) is 1. The molecule has 1 heterocycles. The Labute approximate surface area is 144 Å². The number of halogens is 1. The van der Waals surface area contributed by atoms with Crippen molar-refractivity contribution in [2.24, 2.45) is 0 Å². The van der Waals surface area contributed by atoms with Gasteiger partial charge >= 0.3 is 0 Å². The number of rotatable bonds is 4. The highest BCUT2D eigenvalue weighted by atomic mass is 35.5. The van der Waals surface area contributed by atoms with Crippen molar-refractivity contribution in [1.82, 2.24) is 5.32 Å². The number of carbonyl (C=O) groups is 1. The summed E-state index contributed by atoms with van der Waals surface area (Å²) >= 11 is 5.50. The van der Waals surface area contributed by atoms with Crippen LogP contribution in [0.3, 0.4) is 0 Å². The van der Waals surface area contributed by atoms with Crippen LogP contribution in [0.5, 0.6) is 0 Å². The third-order valence-electron chi connectivity index (χ3n) is 3.86. The molecule has 4 nitrogen and oxygen atoms in total. The van der Waals surface area contributed by atoms with E-state index in [1.165, 1.54) is 0 Å². The van der Waals surface area contributed by atoms with Crippen molar-refractivity contribution in [2.45, 2.75) is 13.5 Å². The first-order valence-corrected chi connectivity index (χ1v) is 8.08. The lowest BCUT2D eigenvalue weighted by atomic mass is 10.0. The molecule has 0 fully saturated rings. The van der Waals surface area contributed by atoms with Crippen LogP contribution in [0.4, 0.5) is 0 Å². The second-order valence-corrected chi connectivity index (χ2v) is 5.72.